The summed E-state index contributed by atoms with van der Waals surface area (Å²) < 4.78 is 0. The van der Waals surface area contributed by atoms with Crippen LogP contribution in [0.5, 0.6) is 0 Å². The van der Waals surface area contributed by atoms with Gasteiger partial charge in [-0.1, -0.05) is 12.1 Å². The molecule has 0 saturated carbocycles. The van der Waals surface area contributed by atoms with Crippen molar-refractivity contribution in [3.8, 4) is 6.07 Å². The fourth-order valence-electron chi connectivity index (χ4n) is 2.13. The summed E-state index contributed by atoms with van der Waals surface area (Å²) in [6.45, 7) is 0.571. The summed E-state index contributed by atoms with van der Waals surface area (Å²) in [6.07, 6.45) is 0. The number of carbonyl (C=O) groups is 1. The predicted molar refractivity (Wildman–Crippen MR) is 82.6 cm³/mol. The number of nitrogens with zero attached hydrogens (tertiary/aromatic N) is 2. The Labute approximate surface area is 123 Å². The van der Waals surface area contributed by atoms with Crippen LogP contribution in [0.15, 0.2) is 42.5 Å². The molecule has 0 bridgehead atoms. The van der Waals surface area contributed by atoms with Crippen LogP contribution >= 0.6 is 0 Å². The van der Waals surface area contributed by atoms with Gasteiger partial charge in [0.05, 0.1) is 23.0 Å². The second-order valence-electron chi connectivity index (χ2n) is 4.81. The molecule has 2 aromatic rings. The molecule has 0 aromatic heterocycles. The van der Waals surface area contributed by atoms with Gasteiger partial charge < -0.3 is 16.4 Å². The standard InChI is InChI=1S/C16H16N4O/c1-20(10-12-4-2-3-11(7-12)9-17)15-8-13(16(19)21)5-6-14(15)18/h2-8H,10,18H2,1H3,(H2,19,21). The molecule has 0 aliphatic heterocycles. The fourth-order valence-corrected chi connectivity index (χ4v) is 2.13. The van der Waals surface area contributed by atoms with Gasteiger partial charge in [-0.15, -0.1) is 0 Å². The van der Waals surface area contributed by atoms with Crippen molar-refractivity contribution in [1.29, 1.82) is 5.26 Å². The summed E-state index contributed by atoms with van der Waals surface area (Å²) in [7, 11) is 1.87. The average molecular weight is 280 g/mol. The molecule has 0 saturated heterocycles. The van der Waals surface area contributed by atoms with Gasteiger partial charge in [0.15, 0.2) is 0 Å². The lowest BCUT2D eigenvalue weighted by Crippen LogP contribution is -2.19. The highest BCUT2D eigenvalue weighted by Crippen LogP contribution is 2.25. The second kappa shape index (κ2) is 5.97. The Balaban J connectivity index is 2.27. The van der Waals surface area contributed by atoms with Crippen LogP contribution in [0.1, 0.15) is 21.5 Å². The number of rotatable bonds is 4. The second-order valence-corrected chi connectivity index (χ2v) is 4.81. The van der Waals surface area contributed by atoms with Crippen LogP contribution in [0.2, 0.25) is 0 Å². The molecule has 1 amide bonds. The van der Waals surface area contributed by atoms with Crippen LogP contribution in [-0.4, -0.2) is 13.0 Å². The number of nitrogen functional groups attached to an aromatic ring is 1. The molecule has 0 unspecified atom stereocenters. The third-order valence-electron chi connectivity index (χ3n) is 3.20. The summed E-state index contributed by atoms with van der Waals surface area (Å²) >= 11 is 0. The molecule has 0 atom stereocenters. The molecule has 2 aromatic carbocycles. The molecule has 0 radical (unpaired) electrons. The van der Waals surface area contributed by atoms with E-state index in [0.717, 1.165) is 11.3 Å². The first-order chi connectivity index (χ1) is 10.0. The minimum atomic E-state index is -0.490. The van der Waals surface area contributed by atoms with E-state index in [0.29, 0.717) is 23.4 Å². The predicted octanol–water partition coefficient (Wildman–Crippen LogP) is 1.88. The molecule has 5 heteroatoms. The topological polar surface area (TPSA) is 96.1 Å². The van der Waals surface area contributed by atoms with Crippen molar-refractivity contribution in [2.24, 2.45) is 5.73 Å². The number of nitriles is 1. The number of primary amides is 1. The Morgan fingerprint density at radius 3 is 2.71 bits per heavy atom. The van der Waals surface area contributed by atoms with Crippen molar-refractivity contribution in [3.05, 3.63) is 59.2 Å². The Hall–Kier alpha value is -3.00. The zero-order valence-corrected chi connectivity index (χ0v) is 11.7. The first kappa shape index (κ1) is 14.4. The number of nitrogens with two attached hydrogens (primary N) is 2. The lowest BCUT2D eigenvalue weighted by atomic mass is 10.1. The van der Waals surface area contributed by atoms with Crippen molar-refractivity contribution in [2.45, 2.75) is 6.54 Å². The maximum atomic E-state index is 11.3. The van der Waals surface area contributed by atoms with E-state index in [1.807, 2.05) is 30.1 Å². The normalized spacial score (nSPS) is 9.90. The van der Waals surface area contributed by atoms with Crippen LogP contribution in [0.4, 0.5) is 11.4 Å². The average Bonchev–Trinajstić information content (AvgIpc) is 2.47. The monoisotopic (exact) mass is 280 g/mol. The molecule has 5 nitrogen and oxygen atoms in total. The molecule has 4 N–H and O–H groups in total. The van der Waals surface area contributed by atoms with Crippen LogP contribution < -0.4 is 16.4 Å². The first-order valence-electron chi connectivity index (χ1n) is 6.41. The smallest absolute Gasteiger partial charge is 0.248 e. The SMILES string of the molecule is CN(Cc1cccc(C#N)c1)c1cc(C(N)=O)ccc1N. The van der Waals surface area contributed by atoms with Crippen LogP contribution in [0.25, 0.3) is 0 Å². The zero-order chi connectivity index (χ0) is 15.4. The van der Waals surface area contributed by atoms with E-state index in [1.165, 1.54) is 0 Å². The Bertz CT molecular complexity index is 718. The first-order valence-corrected chi connectivity index (χ1v) is 6.41. The van der Waals surface area contributed by atoms with E-state index in [9.17, 15) is 4.79 Å². The van der Waals surface area contributed by atoms with Gasteiger partial charge in [0.1, 0.15) is 0 Å². The molecule has 0 spiro atoms. The van der Waals surface area contributed by atoms with E-state index in [4.69, 9.17) is 16.7 Å². The van der Waals surface area contributed by atoms with E-state index >= 15 is 0 Å². The number of anilines is 2. The van der Waals surface area contributed by atoms with Gasteiger partial charge in [0.25, 0.3) is 0 Å². The molecule has 0 fully saturated rings. The van der Waals surface area contributed by atoms with Crippen LogP contribution in [0, 0.1) is 11.3 Å². The largest absolute Gasteiger partial charge is 0.397 e. The van der Waals surface area contributed by atoms with Crippen molar-refractivity contribution in [2.75, 3.05) is 17.7 Å². The van der Waals surface area contributed by atoms with E-state index in [2.05, 4.69) is 6.07 Å². The molecular weight excluding hydrogens is 264 g/mol. The van der Waals surface area contributed by atoms with Crippen LogP contribution in [0.3, 0.4) is 0 Å². The summed E-state index contributed by atoms with van der Waals surface area (Å²) in [5, 5.41) is 8.92. The molecule has 2 rings (SSSR count). The van der Waals surface area contributed by atoms with Crippen molar-refractivity contribution < 1.29 is 4.79 Å². The third kappa shape index (κ3) is 3.31. The molecule has 0 aliphatic rings. The minimum absolute atomic E-state index is 0.414. The maximum absolute atomic E-state index is 11.3. The number of amides is 1. The summed E-state index contributed by atoms with van der Waals surface area (Å²) in [5.41, 5.74) is 14.6. The maximum Gasteiger partial charge on any atom is 0.248 e. The van der Waals surface area contributed by atoms with Gasteiger partial charge in [-0.25, -0.2) is 0 Å². The molecule has 106 valence electrons. The highest BCUT2D eigenvalue weighted by molar-refractivity contribution is 5.95. The van der Waals surface area contributed by atoms with Crippen molar-refractivity contribution in [3.63, 3.8) is 0 Å². The lowest BCUT2D eigenvalue weighted by Gasteiger charge is -2.22. The van der Waals surface area contributed by atoms with Gasteiger partial charge in [0.2, 0.25) is 5.91 Å². The molecule has 21 heavy (non-hydrogen) atoms. The molecule has 0 heterocycles. The number of hydrogen-bond acceptors (Lipinski definition) is 4. The van der Waals surface area contributed by atoms with Gasteiger partial charge >= 0.3 is 0 Å². The van der Waals surface area contributed by atoms with Gasteiger partial charge in [-0.05, 0) is 35.9 Å². The number of benzene rings is 2. The fraction of sp³-hybridized carbons (Fsp3) is 0.125. The number of carbonyl (C=O) groups excluding carboxylic acids is 1. The summed E-state index contributed by atoms with van der Waals surface area (Å²) in [6, 6.07) is 14.4. The van der Waals surface area contributed by atoms with Gasteiger partial charge in [-0.3, -0.25) is 4.79 Å². The lowest BCUT2D eigenvalue weighted by molar-refractivity contribution is 0.100. The Kier molecular flexibility index (Phi) is 4.10. The van der Waals surface area contributed by atoms with Crippen LogP contribution in [-0.2, 0) is 6.54 Å². The van der Waals surface area contributed by atoms with Gasteiger partial charge in [-0.2, -0.15) is 5.26 Å². The highest BCUT2D eigenvalue weighted by atomic mass is 16.1. The van der Waals surface area contributed by atoms with Crippen molar-refractivity contribution in [1.82, 2.24) is 0 Å². The number of hydrogen-bond donors (Lipinski definition) is 2. The van der Waals surface area contributed by atoms with E-state index in [1.54, 1.807) is 24.3 Å². The quantitative estimate of drug-likeness (QED) is 0.836. The molecular formula is C16H16N4O. The summed E-state index contributed by atoms with van der Waals surface area (Å²) in [5.74, 6) is -0.490. The minimum Gasteiger partial charge on any atom is -0.397 e. The Morgan fingerprint density at radius 1 is 1.29 bits per heavy atom. The van der Waals surface area contributed by atoms with E-state index < -0.39 is 5.91 Å². The summed E-state index contributed by atoms with van der Waals surface area (Å²) in [4.78, 5) is 13.2. The zero-order valence-electron chi connectivity index (χ0n) is 11.7. The molecule has 0 aliphatic carbocycles. The highest BCUT2D eigenvalue weighted by Gasteiger charge is 2.10. The third-order valence-corrected chi connectivity index (χ3v) is 3.20. The van der Waals surface area contributed by atoms with E-state index in [-0.39, 0.29) is 0 Å². The van der Waals surface area contributed by atoms with Crippen molar-refractivity contribution >= 4 is 17.3 Å². The Morgan fingerprint density at radius 2 is 2.05 bits per heavy atom. The van der Waals surface area contributed by atoms with Gasteiger partial charge in [0, 0.05) is 19.2 Å².